The molecule has 0 aliphatic carbocycles. The molecule has 2 N–H and O–H groups in total. The van der Waals surface area contributed by atoms with Gasteiger partial charge < -0.3 is 10.2 Å². The zero-order valence-electron chi connectivity index (χ0n) is 10.8. The molecule has 0 saturated heterocycles. The number of nitrogens with two attached hydrogens (primary N) is 1. The van der Waals surface area contributed by atoms with Gasteiger partial charge in [-0.1, -0.05) is 6.07 Å². The van der Waals surface area contributed by atoms with Gasteiger partial charge in [-0.25, -0.2) is 9.37 Å². The van der Waals surface area contributed by atoms with Crippen molar-refractivity contribution in [3.8, 4) is 11.5 Å². The van der Waals surface area contributed by atoms with E-state index < -0.39 is 0 Å². The average Bonchev–Trinajstić information content (AvgIpc) is 2.83. The second-order valence-corrected chi connectivity index (χ2v) is 5.58. The minimum atomic E-state index is -0.288. The molecule has 0 aliphatic heterocycles. The highest BCUT2D eigenvalue weighted by Gasteiger charge is 2.07. The van der Waals surface area contributed by atoms with Crippen LogP contribution in [0.2, 0.25) is 0 Å². The van der Waals surface area contributed by atoms with E-state index in [-0.39, 0.29) is 11.9 Å². The van der Waals surface area contributed by atoms with Crippen LogP contribution in [0.25, 0.3) is 11.5 Å². The normalized spacial score (nSPS) is 12.6. The fourth-order valence-electron chi connectivity index (χ4n) is 1.57. The molecule has 5 heteroatoms. The van der Waals surface area contributed by atoms with Crippen molar-refractivity contribution in [1.29, 1.82) is 0 Å². The highest BCUT2D eigenvalue weighted by molar-refractivity contribution is 7.98. The molecule has 0 spiro atoms. The van der Waals surface area contributed by atoms with Crippen molar-refractivity contribution < 1.29 is 8.81 Å². The molecule has 0 radical (unpaired) electrons. The first-order valence-corrected chi connectivity index (χ1v) is 7.34. The van der Waals surface area contributed by atoms with Gasteiger partial charge in [0, 0.05) is 17.4 Å². The Morgan fingerprint density at radius 2 is 2.32 bits per heavy atom. The van der Waals surface area contributed by atoms with Gasteiger partial charge in [-0.15, -0.1) is 0 Å². The maximum Gasteiger partial charge on any atom is 0.226 e. The second-order valence-electron chi connectivity index (χ2n) is 4.47. The minimum absolute atomic E-state index is 0.229. The lowest BCUT2D eigenvalue weighted by Gasteiger charge is -2.02. The fraction of sp³-hybridized carbons (Fsp3) is 0.357. The van der Waals surface area contributed by atoms with Crippen LogP contribution in [0.3, 0.4) is 0 Å². The van der Waals surface area contributed by atoms with Crippen molar-refractivity contribution in [3.05, 3.63) is 42.0 Å². The lowest BCUT2D eigenvalue weighted by Crippen LogP contribution is -2.15. The van der Waals surface area contributed by atoms with Gasteiger partial charge in [-0.05, 0) is 37.3 Å². The highest BCUT2D eigenvalue weighted by atomic mass is 32.2. The first-order chi connectivity index (χ1) is 9.15. The fourth-order valence-corrected chi connectivity index (χ4v) is 2.60. The van der Waals surface area contributed by atoms with Crippen LogP contribution in [0.15, 0.2) is 34.9 Å². The Morgan fingerprint density at radius 3 is 3.05 bits per heavy atom. The van der Waals surface area contributed by atoms with Crippen molar-refractivity contribution >= 4 is 11.8 Å². The summed E-state index contributed by atoms with van der Waals surface area (Å²) < 4.78 is 18.5. The third kappa shape index (κ3) is 4.36. The summed E-state index contributed by atoms with van der Waals surface area (Å²) in [7, 11) is 0. The number of hydrogen-bond donors (Lipinski definition) is 1. The number of nitrogens with zero attached hydrogens (tertiary/aromatic N) is 1. The first-order valence-electron chi connectivity index (χ1n) is 6.19. The van der Waals surface area contributed by atoms with E-state index in [0.29, 0.717) is 11.5 Å². The van der Waals surface area contributed by atoms with E-state index in [1.54, 1.807) is 30.2 Å². The molecule has 2 rings (SSSR count). The number of aromatic nitrogens is 1. The maximum atomic E-state index is 13.1. The third-order valence-electron chi connectivity index (χ3n) is 2.59. The smallest absolute Gasteiger partial charge is 0.226 e. The number of thioether (sulfide) groups is 1. The maximum absolute atomic E-state index is 13.1. The molecule has 1 aromatic carbocycles. The third-order valence-corrected chi connectivity index (χ3v) is 3.62. The number of hydrogen-bond acceptors (Lipinski definition) is 4. The largest absolute Gasteiger partial charge is 0.444 e. The summed E-state index contributed by atoms with van der Waals surface area (Å²) >= 11 is 1.77. The molecule has 1 heterocycles. The van der Waals surface area contributed by atoms with E-state index in [1.165, 1.54) is 12.1 Å². The van der Waals surface area contributed by atoms with Crippen molar-refractivity contribution in [2.24, 2.45) is 5.73 Å². The van der Waals surface area contributed by atoms with Gasteiger partial charge >= 0.3 is 0 Å². The number of rotatable bonds is 6. The molecule has 0 aliphatic rings. The Balaban J connectivity index is 1.92. The summed E-state index contributed by atoms with van der Waals surface area (Å²) in [5, 5.41) is 0. The molecule has 1 unspecified atom stereocenters. The van der Waals surface area contributed by atoms with Crippen LogP contribution >= 0.6 is 11.8 Å². The minimum Gasteiger partial charge on any atom is -0.444 e. The predicted molar refractivity (Wildman–Crippen MR) is 76.3 cm³/mol. The summed E-state index contributed by atoms with van der Waals surface area (Å²) in [6.07, 6.45) is 2.61. The van der Waals surface area contributed by atoms with Crippen molar-refractivity contribution in [1.82, 2.24) is 4.98 Å². The van der Waals surface area contributed by atoms with Gasteiger partial charge in [0.1, 0.15) is 12.1 Å². The molecular weight excluding hydrogens is 263 g/mol. The molecule has 1 aromatic heterocycles. The number of benzene rings is 1. The van der Waals surface area contributed by atoms with Crippen molar-refractivity contribution in [2.75, 3.05) is 5.75 Å². The molecule has 3 nitrogen and oxygen atoms in total. The molecule has 0 bridgehead atoms. The van der Waals surface area contributed by atoms with Gasteiger partial charge in [0.25, 0.3) is 0 Å². The van der Waals surface area contributed by atoms with Gasteiger partial charge in [-0.2, -0.15) is 11.8 Å². The lowest BCUT2D eigenvalue weighted by atomic mass is 10.2. The summed E-state index contributed by atoms with van der Waals surface area (Å²) in [5.41, 5.74) is 7.21. The molecule has 1 atom stereocenters. The van der Waals surface area contributed by atoms with E-state index in [0.717, 1.165) is 23.6 Å². The van der Waals surface area contributed by atoms with Crippen LogP contribution in [0, 0.1) is 5.82 Å². The SMILES string of the molecule is CC(N)CCSCc1coc(-c2cccc(F)c2)n1. The van der Waals surface area contributed by atoms with Gasteiger partial charge in [0.15, 0.2) is 0 Å². The average molecular weight is 280 g/mol. The lowest BCUT2D eigenvalue weighted by molar-refractivity contribution is 0.571. The van der Waals surface area contributed by atoms with E-state index in [1.807, 2.05) is 6.92 Å². The van der Waals surface area contributed by atoms with Crippen LogP contribution in [0.4, 0.5) is 4.39 Å². The monoisotopic (exact) mass is 280 g/mol. The zero-order chi connectivity index (χ0) is 13.7. The van der Waals surface area contributed by atoms with E-state index in [9.17, 15) is 4.39 Å². The van der Waals surface area contributed by atoms with E-state index in [4.69, 9.17) is 10.2 Å². The number of oxazole rings is 1. The van der Waals surface area contributed by atoms with Gasteiger partial charge in [0.05, 0.1) is 5.69 Å². The molecule has 0 saturated carbocycles. The van der Waals surface area contributed by atoms with Crippen LogP contribution < -0.4 is 5.73 Å². The Morgan fingerprint density at radius 1 is 1.47 bits per heavy atom. The Labute approximate surface area is 116 Å². The van der Waals surface area contributed by atoms with E-state index >= 15 is 0 Å². The van der Waals surface area contributed by atoms with Crippen molar-refractivity contribution in [2.45, 2.75) is 25.1 Å². The molecule has 0 fully saturated rings. The Hall–Kier alpha value is -1.33. The van der Waals surface area contributed by atoms with Crippen LogP contribution in [0.1, 0.15) is 19.0 Å². The Kier molecular flexibility index (Phi) is 4.99. The number of halogens is 1. The standard InChI is InChI=1S/C14H17FN2OS/c1-10(16)5-6-19-9-13-8-18-14(17-13)11-3-2-4-12(15)7-11/h2-4,7-8,10H,5-6,9,16H2,1H3. The van der Waals surface area contributed by atoms with Gasteiger partial charge in [0.2, 0.25) is 5.89 Å². The molecular formula is C14H17FN2OS. The quantitative estimate of drug-likeness (QED) is 0.823. The summed E-state index contributed by atoms with van der Waals surface area (Å²) in [6, 6.07) is 6.47. The van der Waals surface area contributed by atoms with Crippen LogP contribution in [-0.2, 0) is 5.75 Å². The highest BCUT2D eigenvalue weighted by Crippen LogP contribution is 2.21. The summed E-state index contributed by atoms with van der Waals surface area (Å²) in [5.74, 6) is 1.96. The van der Waals surface area contributed by atoms with Gasteiger partial charge in [-0.3, -0.25) is 0 Å². The molecule has 2 aromatic rings. The summed E-state index contributed by atoms with van der Waals surface area (Å²) in [4.78, 5) is 4.35. The molecule has 102 valence electrons. The Bertz CT molecular complexity index is 528. The zero-order valence-corrected chi connectivity index (χ0v) is 11.6. The van der Waals surface area contributed by atoms with Crippen molar-refractivity contribution in [3.63, 3.8) is 0 Å². The first kappa shape index (κ1) is 14.1. The molecule has 19 heavy (non-hydrogen) atoms. The molecule has 0 amide bonds. The van der Waals surface area contributed by atoms with Crippen LogP contribution in [0.5, 0.6) is 0 Å². The second kappa shape index (κ2) is 6.73. The summed E-state index contributed by atoms with van der Waals surface area (Å²) in [6.45, 7) is 2.00. The van der Waals surface area contributed by atoms with E-state index in [2.05, 4.69) is 4.98 Å². The topological polar surface area (TPSA) is 52.0 Å². The van der Waals surface area contributed by atoms with Crippen LogP contribution in [-0.4, -0.2) is 16.8 Å². The predicted octanol–water partition coefficient (Wildman–Crippen LogP) is 3.45.